The Morgan fingerprint density at radius 3 is 2.50 bits per heavy atom. The van der Waals surface area contributed by atoms with Crippen LogP contribution in [0.2, 0.25) is 0 Å². The van der Waals surface area contributed by atoms with Crippen LogP contribution >= 0.6 is 0 Å². The molecule has 0 bridgehead atoms. The van der Waals surface area contributed by atoms with E-state index in [4.69, 9.17) is 9.47 Å². The lowest BCUT2D eigenvalue weighted by atomic mass is 9.78. The molecule has 0 aromatic heterocycles. The first-order chi connectivity index (χ1) is 16.2. The smallest absolute Gasteiger partial charge is 0.306 e. The molecule has 1 N–H and O–H groups in total. The highest BCUT2D eigenvalue weighted by Crippen LogP contribution is 2.38. The van der Waals surface area contributed by atoms with E-state index in [2.05, 4.69) is 38.1 Å². The van der Waals surface area contributed by atoms with E-state index in [-0.39, 0.29) is 37.2 Å². The molecule has 1 aliphatic carbocycles. The second kappa shape index (κ2) is 11.8. The second-order valence-electron chi connectivity index (χ2n) is 10.1. The predicted molar refractivity (Wildman–Crippen MR) is 128 cm³/mol. The lowest BCUT2D eigenvalue weighted by Crippen LogP contribution is -2.23. The van der Waals surface area contributed by atoms with E-state index < -0.39 is 23.7 Å². The van der Waals surface area contributed by atoms with Crippen LogP contribution in [-0.2, 0) is 28.8 Å². The average molecular weight is 475 g/mol. The fraction of sp³-hybridized carbons (Fsp3) is 0.536. The van der Waals surface area contributed by atoms with Crippen LogP contribution in [0.1, 0.15) is 63.1 Å². The number of halogens is 2. The van der Waals surface area contributed by atoms with Gasteiger partial charge in [0.05, 0.1) is 12.7 Å². The van der Waals surface area contributed by atoms with Crippen molar-refractivity contribution < 1.29 is 28.2 Å². The molecule has 0 fully saturated rings. The molecule has 0 amide bonds. The van der Waals surface area contributed by atoms with Gasteiger partial charge in [-0.1, -0.05) is 38.1 Å². The maximum absolute atomic E-state index is 14.2. The third-order valence-electron chi connectivity index (χ3n) is 6.54. The van der Waals surface area contributed by atoms with Crippen molar-refractivity contribution in [3.8, 4) is 5.75 Å². The molecular weight excluding hydrogens is 438 g/mol. The van der Waals surface area contributed by atoms with E-state index in [1.165, 1.54) is 17.2 Å². The molecule has 0 saturated heterocycles. The molecular formula is C28H36F2O4. The minimum Gasteiger partial charge on any atom is -0.488 e. The number of carbonyl (C=O) groups excluding carboxylic acids is 1. The molecule has 186 valence electrons. The highest BCUT2D eigenvalue weighted by Gasteiger charge is 2.28. The average Bonchev–Trinajstić information content (AvgIpc) is 3.19. The third kappa shape index (κ3) is 7.52. The summed E-state index contributed by atoms with van der Waals surface area (Å²) in [6.07, 6.45) is 4.09. The van der Waals surface area contributed by atoms with Gasteiger partial charge < -0.3 is 14.6 Å². The highest BCUT2D eigenvalue weighted by atomic mass is 19.2. The summed E-state index contributed by atoms with van der Waals surface area (Å²) >= 11 is 0. The number of rotatable bonds is 12. The fourth-order valence-electron chi connectivity index (χ4n) is 4.85. The minimum atomic E-state index is -1.09. The minimum absolute atomic E-state index is 0.0536. The van der Waals surface area contributed by atoms with Gasteiger partial charge >= 0.3 is 5.97 Å². The monoisotopic (exact) mass is 474 g/mol. The van der Waals surface area contributed by atoms with Crippen molar-refractivity contribution in [3.63, 3.8) is 0 Å². The molecule has 0 aliphatic heterocycles. The van der Waals surface area contributed by atoms with Gasteiger partial charge in [-0.2, -0.15) is 4.39 Å². The number of aliphatic hydroxyl groups excluding tert-OH is 1. The quantitative estimate of drug-likeness (QED) is 0.394. The van der Waals surface area contributed by atoms with Crippen molar-refractivity contribution in [1.82, 2.24) is 0 Å². The molecule has 6 heteroatoms. The van der Waals surface area contributed by atoms with Gasteiger partial charge in [0.2, 0.25) is 5.82 Å². The van der Waals surface area contributed by atoms with Crippen LogP contribution in [0.5, 0.6) is 5.75 Å². The Hall–Kier alpha value is -2.47. The molecule has 0 unspecified atom stereocenters. The predicted octanol–water partition coefficient (Wildman–Crippen LogP) is 5.81. The number of aryl methyl sites for hydroxylation is 1. The zero-order chi connectivity index (χ0) is 24.7. The number of benzene rings is 2. The Morgan fingerprint density at radius 1 is 1.18 bits per heavy atom. The number of carbonyl (C=O) groups is 1. The Kier molecular flexibility index (Phi) is 9.06. The van der Waals surface area contributed by atoms with Crippen LogP contribution in [0, 0.1) is 23.0 Å². The molecule has 1 atom stereocenters. The number of hydrogen-bond donors (Lipinski definition) is 1. The van der Waals surface area contributed by atoms with E-state index in [0.29, 0.717) is 17.9 Å². The largest absolute Gasteiger partial charge is 0.488 e. The fourth-order valence-corrected chi connectivity index (χ4v) is 4.85. The van der Waals surface area contributed by atoms with E-state index in [1.54, 1.807) is 6.92 Å². The van der Waals surface area contributed by atoms with E-state index in [1.807, 2.05) is 0 Å². The van der Waals surface area contributed by atoms with Gasteiger partial charge in [-0.15, -0.1) is 0 Å². The van der Waals surface area contributed by atoms with Gasteiger partial charge in [-0.25, -0.2) is 4.39 Å². The van der Waals surface area contributed by atoms with Crippen molar-refractivity contribution in [2.75, 3.05) is 13.2 Å². The first-order valence-corrected chi connectivity index (χ1v) is 12.2. The van der Waals surface area contributed by atoms with Crippen LogP contribution in [0.25, 0.3) is 0 Å². The summed E-state index contributed by atoms with van der Waals surface area (Å²) < 4.78 is 38.5. The molecule has 1 aliphatic rings. The molecule has 34 heavy (non-hydrogen) atoms. The van der Waals surface area contributed by atoms with E-state index >= 15 is 0 Å². The van der Waals surface area contributed by atoms with Gasteiger partial charge in [0.25, 0.3) is 0 Å². The van der Waals surface area contributed by atoms with Crippen LogP contribution in [0.15, 0.2) is 36.4 Å². The summed E-state index contributed by atoms with van der Waals surface area (Å²) in [5.41, 5.74) is 3.37. The summed E-state index contributed by atoms with van der Waals surface area (Å²) in [6.45, 7) is 6.29. The molecule has 2 aromatic carbocycles. The normalized spacial score (nSPS) is 14.6. The Morgan fingerprint density at radius 2 is 1.85 bits per heavy atom. The van der Waals surface area contributed by atoms with Crippen LogP contribution in [0.4, 0.5) is 8.78 Å². The van der Waals surface area contributed by atoms with Gasteiger partial charge in [-0.3, -0.25) is 4.79 Å². The van der Waals surface area contributed by atoms with Crippen LogP contribution < -0.4 is 4.74 Å². The molecule has 0 heterocycles. The van der Waals surface area contributed by atoms with Crippen molar-refractivity contribution in [2.24, 2.45) is 11.3 Å². The van der Waals surface area contributed by atoms with Crippen molar-refractivity contribution in [2.45, 2.75) is 71.8 Å². The van der Waals surface area contributed by atoms with Gasteiger partial charge in [-0.05, 0) is 85.6 Å². The molecule has 0 radical (unpaired) electrons. The van der Waals surface area contributed by atoms with Crippen LogP contribution in [-0.4, -0.2) is 30.4 Å². The maximum atomic E-state index is 14.2. The standard InChI is InChI=1S/C28H36F2O4/c1-4-33-26(32)10-9-19-15-24(29)27(30)25(16-19)34-18-23(31)11-12-28(2,3)17-20-13-21-7-5-6-8-22(21)14-20/h5-8,15-16,20,23,31H,4,9-14,17-18H2,1-3H3/t23-/m1/s1. The summed E-state index contributed by atoms with van der Waals surface area (Å²) in [7, 11) is 0. The second-order valence-corrected chi connectivity index (χ2v) is 10.1. The zero-order valence-electron chi connectivity index (χ0n) is 20.4. The number of ether oxygens (including phenoxy) is 2. The van der Waals surface area contributed by atoms with Gasteiger partial charge in [0.15, 0.2) is 11.6 Å². The van der Waals surface area contributed by atoms with Gasteiger partial charge in [0, 0.05) is 6.42 Å². The summed E-state index contributed by atoms with van der Waals surface area (Å²) in [5.74, 6) is -2.16. The Labute approximate surface area is 201 Å². The number of fused-ring (bicyclic) bond motifs is 1. The van der Waals surface area contributed by atoms with Crippen LogP contribution in [0.3, 0.4) is 0 Å². The molecule has 0 saturated carbocycles. The Balaban J connectivity index is 1.46. The van der Waals surface area contributed by atoms with Gasteiger partial charge in [0.1, 0.15) is 6.61 Å². The lowest BCUT2D eigenvalue weighted by Gasteiger charge is -2.29. The summed E-state index contributed by atoms with van der Waals surface area (Å²) in [6, 6.07) is 11.0. The summed E-state index contributed by atoms with van der Waals surface area (Å²) in [4.78, 5) is 11.5. The molecule has 2 aromatic rings. The molecule has 4 nitrogen and oxygen atoms in total. The first kappa shape index (κ1) is 26.1. The lowest BCUT2D eigenvalue weighted by molar-refractivity contribution is -0.143. The molecule has 0 spiro atoms. The van der Waals surface area contributed by atoms with E-state index in [9.17, 15) is 18.7 Å². The topological polar surface area (TPSA) is 55.8 Å². The van der Waals surface area contributed by atoms with Crippen molar-refractivity contribution in [3.05, 3.63) is 64.7 Å². The maximum Gasteiger partial charge on any atom is 0.306 e. The van der Waals surface area contributed by atoms with Crippen molar-refractivity contribution >= 4 is 5.97 Å². The first-order valence-electron chi connectivity index (χ1n) is 12.2. The zero-order valence-corrected chi connectivity index (χ0v) is 20.4. The highest BCUT2D eigenvalue weighted by molar-refractivity contribution is 5.69. The summed E-state index contributed by atoms with van der Waals surface area (Å²) in [5, 5.41) is 10.4. The Bertz CT molecular complexity index is 948. The van der Waals surface area contributed by atoms with E-state index in [0.717, 1.165) is 31.7 Å². The number of aliphatic hydroxyl groups is 1. The molecule has 3 rings (SSSR count). The third-order valence-corrected chi connectivity index (χ3v) is 6.54. The van der Waals surface area contributed by atoms with Crippen molar-refractivity contribution in [1.29, 1.82) is 0 Å². The SMILES string of the molecule is CCOC(=O)CCc1cc(F)c(F)c(OC[C@H](O)CCC(C)(C)CC2Cc3ccccc3C2)c1. The number of hydrogen-bond acceptors (Lipinski definition) is 4. The number of esters is 1.